The van der Waals surface area contributed by atoms with E-state index in [1.165, 1.54) is 70.6 Å². The van der Waals surface area contributed by atoms with Crippen LogP contribution in [0.25, 0.3) is 10.8 Å². The zero-order valence-electron chi connectivity index (χ0n) is 21.1. The Kier molecular flexibility index (Phi) is 15.6. The highest BCUT2D eigenvalue weighted by molar-refractivity contribution is 7.86. The second kappa shape index (κ2) is 16.9. The van der Waals surface area contributed by atoms with Crippen molar-refractivity contribution in [2.45, 2.75) is 121 Å². The van der Waals surface area contributed by atoms with Gasteiger partial charge in [-0.05, 0) is 42.2 Å². The van der Waals surface area contributed by atoms with Gasteiger partial charge in [-0.2, -0.15) is 8.42 Å². The molecular formula is C28H44MgO3S. The van der Waals surface area contributed by atoms with Gasteiger partial charge in [-0.1, -0.05) is 121 Å². The molecule has 5 heteroatoms. The summed E-state index contributed by atoms with van der Waals surface area (Å²) in [5, 5.41) is 1.55. The quantitative estimate of drug-likeness (QED) is 0.139. The van der Waals surface area contributed by atoms with Crippen LogP contribution >= 0.6 is 0 Å². The van der Waals surface area contributed by atoms with Gasteiger partial charge in [0.15, 0.2) is 0 Å². The van der Waals surface area contributed by atoms with Crippen LogP contribution in [-0.2, 0) is 23.0 Å². The Balaban J connectivity index is 0.00000544. The fourth-order valence-corrected chi connectivity index (χ4v) is 5.74. The van der Waals surface area contributed by atoms with Crippen LogP contribution in [-0.4, -0.2) is 36.0 Å². The molecule has 0 aliphatic rings. The van der Waals surface area contributed by atoms with Crippen molar-refractivity contribution in [1.29, 1.82) is 0 Å². The van der Waals surface area contributed by atoms with E-state index >= 15 is 0 Å². The molecule has 0 atom stereocenters. The molecule has 0 aliphatic carbocycles. The molecule has 2 aromatic rings. The van der Waals surface area contributed by atoms with E-state index in [9.17, 15) is 13.0 Å². The first-order valence-corrected chi connectivity index (χ1v) is 14.4. The van der Waals surface area contributed by atoms with Crippen LogP contribution in [0.3, 0.4) is 0 Å². The SMILES string of the molecule is CCCCCCCCCc1cc2ccccc2c(S(=O)(=O)O)c1CCCCCCCCC.[Mg]. The Morgan fingerprint density at radius 3 is 1.73 bits per heavy atom. The normalized spacial score (nSPS) is 11.6. The Labute approximate surface area is 219 Å². The topological polar surface area (TPSA) is 54.4 Å². The summed E-state index contributed by atoms with van der Waals surface area (Å²) in [7, 11) is -4.28. The van der Waals surface area contributed by atoms with Crippen LogP contribution in [0.15, 0.2) is 35.2 Å². The summed E-state index contributed by atoms with van der Waals surface area (Å²) in [6, 6.07) is 9.73. The van der Waals surface area contributed by atoms with Gasteiger partial charge in [0.2, 0.25) is 0 Å². The third-order valence-electron chi connectivity index (χ3n) is 6.53. The molecular weight excluding hydrogens is 441 g/mol. The van der Waals surface area contributed by atoms with Gasteiger partial charge in [-0.15, -0.1) is 0 Å². The lowest BCUT2D eigenvalue weighted by molar-refractivity contribution is 0.482. The summed E-state index contributed by atoms with van der Waals surface area (Å²) in [5.41, 5.74) is 1.96. The highest BCUT2D eigenvalue weighted by Gasteiger charge is 2.22. The largest absolute Gasteiger partial charge is 0.295 e. The lowest BCUT2D eigenvalue weighted by Gasteiger charge is -2.17. The average Bonchev–Trinajstić information content (AvgIpc) is 2.76. The van der Waals surface area contributed by atoms with E-state index in [2.05, 4.69) is 19.9 Å². The highest BCUT2D eigenvalue weighted by Crippen LogP contribution is 2.32. The van der Waals surface area contributed by atoms with Crippen molar-refractivity contribution in [3.8, 4) is 0 Å². The fourth-order valence-electron chi connectivity index (χ4n) is 4.74. The first-order chi connectivity index (χ1) is 15.5. The molecule has 0 unspecified atom stereocenters. The van der Waals surface area contributed by atoms with Crippen LogP contribution in [0, 0.1) is 0 Å². The lowest BCUT2D eigenvalue weighted by atomic mass is 9.93. The molecule has 1 N–H and O–H groups in total. The molecule has 0 spiro atoms. The minimum absolute atomic E-state index is 0. The molecule has 0 fully saturated rings. The Morgan fingerprint density at radius 1 is 0.697 bits per heavy atom. The van der Waals surface area contributed by atoms with Crippen LogP contribution in [0.2, 0.25) is 0 Å². The van der Waals surface area contributed by atoms with Gasteiger partial charge in [-0.25, -0.2) is 0 Å². The zero-order chi connectivity index (χ0) is 23.2. The van der Waals surface area contributed by atoms with Gasteiger partial charge in [0.1, 0.15) is 4.90 Å². The first kappa shape index (κ1) is 30.4. The van der Waals surface area contributed by atoms with Crippen molar-refractivity contribution in [2.75, 3.05) is 0 Å². The number of unbranched alkanes of at least 4 members (excludes halogenated alkanes) is 12. The minimum Gasteiger partial charge on any atom is -0.282 e. The second-order valence-corrected chi connectivity index (χ2v) is 10.6. The van der Waals surface area contributed by atoms with Gasteiger partial charge in [0.05, 0.1) is 0 Å². The number of benzene rings is 2. The first-order valence-electron chi connectivity index (χ1n) is 13.0. The Hall–Kier alpha value is -0.624. The maximum Gasteiger partial charge on any atom is 0.295 e. The van der Waals surface area contributed by atoms with Crippen molar-refractivity contribution in [3.63, 3.8) is 0 Å². The summed E-state index contributed by atoms with van der Waals surface area (Å²) < 4.78 is 35.1. The maximum absolute atomic E-state index is 12.5. The number of hydrogen-bond donors (Lipinski definition) is 1. The molecule has 182 valence electrons. The predicted octanol–water partition coefficient (Wildman–Crippen LogP) is 8.29. The smallest absolute Gasteiger partial charge is 0.282 e. The van der Waals surface area contributed by atoms with Gasteiger partial charge in [0.25, 0.3) is 10.1 Å². The van der Waals surface area contributed by atoms with Crippen molar-refractivity contribution in [1.82, 2.24) is 0 Å². The maximum atomic E-state index is 12.5. The second-order valence-electron chi connectivity index (χ2n) is 9.28. The van der Waals surface area contributed by atoms with Gasteiger partial charge in [-0.3, -0.25) is 4.55 Å². The number of hydrogen-bond acceptors (Lipinski definition) is 2. The Morgan fingerprint density at radius 2 is 1.18 bits per heavy atom. The van der Waals surface area contributed by atoms with Crippen LogP contribution in [0.1, 0.15) is 115 Å². The molecule has 0 heterocycles. The summed E-state index contributed by atoms with van der Waals surface area (Å²) in [4.78, 5) is 0.152. The molecule has 2 radical (unpaired) electrons. The molecule has 0 saturated carbocycles. The van der Waals surface area contributed by atoms with E-state index in [-0.39, 0.29) is 27.9 Å². The summed E-state index contributed by atoms with van der Waals surface area (Å²) in [6.45, 7) is 4.46. The van der Waals surface area contributed by atoms with Crippen molar-refractivity contribution >= 4 is 43.9 Å². The average molecular weight is 485 g/mol. The van der Waals surface area contributed by atoms with E-state index in [1.807, 2.05) is 24.3 Å². The minimum atomic E-state index is -4.28. The predicted molar refractivity (Wildman–Crippen MR) is 143 cm³/mol. The third-order valence-corrected chi connectivity index (χ3v) is 7.52. The van der Waals surface area contributed by atoms with Gasteiger partial charge < -0.3 is 0 Å². The van der Waals surface area contributed by atoms with Gasteiger partial charge >= 0.3 is 0 Å². The van der Waals surface area contributed by atoms with Crippen LogP contribution < -0.4 is 0 Å². The monoisotopic (exact) mass is 484 g/mol. The molecule has 3 nitrogen and oxygen atoms in total. The van der Waals surface area contributed by atoms with Crippen LogP contribution in [0.5, 0.6) is 0 Å². The molecule has 0 bridgehead atoms. The highest BCUT2D eigenvalue weighted by atomic mass is 32.2. The number of aryl methyl sites for hydroxylation is 1. The van der Waals surface area contributed by atoms with Crippen molar-refractivity contribution in [2.24, 2.45) is 0 Å². The van der Waals surface area contributed by atoms with E-state index in [1.54, 1.807) is 0 Å². The van der Waals surface area contributed by atoms with Crippen LogP contribution in [0.4, 0.5) is 0 Å². The molecule has 0 aromatic heterocycles. The lowest BCUT2D eigenvalue weighted by Crippen LogP contribution is -2.08. The third kappa shape index (κ3) is 10.7. The van der Waals surface area contributed by atoms with Gasteiger partial charge in [0, 0.05) is 28.4 Å². The number of rotatable bonds is 17. The molecule has 33 heavy (non-hydrogen) atoms. The summed E-state index contributed by atoms with van der Waals surface area (Å²) in [5.74, 6) is 0. The zero-order valence-corrected chi connectivity index (χ0v) is 23.3. The fraction of sp³-hybridized carbons (Fsp3) is 0.643. The Bertz CT molecular complexity index is 909. The van der Waals surface area contributed by atoms with E-state index in [0.29, 0.717) is 5.39 Å². The van der Waals surface area contributed by atoms with Crippen molar-refractivity contribution < 1.29 is 13.0 Å². The molecule has 2 rings (SSSR count). The molecule has 0 saturated heterocycles. The summed E-state index contributed by atoms with van der Waals surface area (Å²) in [6.07, 6.45) is 18.6. The molecule has 0 aliphatic heterocycles. The standard InChI is InChI=1S/C28H44O3S.Mg/c1-3-5-7-9-11-13-15-19-24-23-25-20-17-18-22-27(25)28(32(29,30)31)26(24)21-16-14-12-10-8-6-4-2;/h17-18,20,22-23H,3-16,19,21H2,1-2H3,(H,29,30,31);. The molecule has 0 amide bonds. The van der Waals surface area contributed by atoms with Crippen molar-refractivity contribution in [3.05, 3.63) is 41.5 Å². The summed E-state index contributed by atoms with van der Waals surface area (Å²) >= 11 is 0. The number of fused-ring (bicyclic) bond motifs is 1. The van der Waals surface area contributed by atoms with E-state index < -0.39 is 10.1 Å². The molecule has 2 aromatic carbocycles. The van der Waals surface area contributed by atoms with E-state index in [0.717, 1.165) is 48.6 Å². The van der Waals surface area contributed by atoms with E-state index in [4.69, 9.17) is 0 Å².